The summed E-state index contributed by atoms with van der Waals surface area (Å²) in [6, 6.07) is 0. The zero-order valence-electron chi connectivity index (χ0n) is 7.04. The van der Waals surface area contributed by atoms with E-state index in [9.17, 15) is 40.3 Å². The summed E-state index contributed by atoms with van der Waals surface area (Å²) in [5.41, 5.74) is 0. The van der Waals surface area contributed by atoms with Crippen molar-refractivity contribution in [1.29, 1.82) is 0 Å². The fraction of sp³-hybridized carbons (Fsp3) is 0.600. The number of hydrogen-bond acceptors (Lipinski definition) is 2. The minimum absolute atomic E-state index is 0. The average Bonchev–Trinajstić information content (AvgIpc) is 1.97. The zero-order chi connectivity index (χ0) is 11.7. The van der Waals surface area contributed by atoms with Crippen LogP contribution in [-0.4, -0.2) is 41.0 Å². The van der Waals surface area contributed by atoms with E-state index in [1.165, 1.54) is 0 Å². The molecule has 0 aliphatic rings. The standard InChI is InChI=1S/C5HF7O2.2H2O/c6-1(2(13)4(7,8)9)3(14)5(10,11)12;;/h1H;2*1H2. The van der Waals surface area contributed by atoms with Crippen molar-refractivity contribution in [3.63, 3.8) is 0 Å². The number of alkyl halides is 7. The molecular formula is C5H5F7O4. The van der Waals surface area contributed by atoms with Crippen molar-refractivity contribution in [2.45, 2.75) is 18.5 Å². The van der Waals surface area contributed by atoms with Crippen LogP contribution in [0.1, 0.15) is 0 Å². The molecule has 0 amide bonds. The number of carbonyl (C=O) groups excluding carboxylic acids is 2. The van der Waals surface area contributed by atoms with Crippen molar-refractivity contribution in [3.05, 3.63) is 0 Å². The molecule has 0 heterocycles. The van der Waals surface area contributed by atoms with Crippen molar-refractivity contribution in [1.82, 2.24) is 0 Å². The largest absolute Gasteiger partial charge is 0.453 e. The minimum Gasteiger partial charge on any atom is -0.412 e. The van der Waals surface area contributed by atoms with Crippen molar-refractivity contribution < 1.29 is 51.3 Å². The lowest BCUT2D eigenvalue weighted by Gasteiger charge is -2.10. The Bertz CT molecular complexity index is 228. The van der Waals surface area contributed by atoms with Crippen LogP contribution >= 0.6 is 0 Å². The van der Waals surface area contributed by atoms with E-state index < -0.39 is 30.1 Å². The number of ketones is 2. The number of hydrogen-bond donors (Lipinski definition) is 0. The summed E-state index contributed by atoms with van der Waals surface area (Å²) in [6.45, 7) is 0. The topological polar surface area (TPSA) is 97.1 Å². The third-order valence-corrected chi connectivity index (χ3v) is 1.02. The molecule has 0 aromatic carbocycles. The van der Waals surface area contributed by atoms with E-state index in [1.54, 1.807) is 0 Å². The average molecular weight is 262 g/mol. The smallest absolute Gasteiger partial charge is 0.412 e. The Hall–Kier alpha value is -1.23. The Labute approximate surface area is 82.6 Å². The molecule has 0 radical (unpaired) electrons. The van der Waals surface area contributed by atoms with Crippen LogP contribution in [0.5, 0.6) is 0 Å². The molecule has 0 aromatic heterocycles. The van der Waals surface area contributed by atoms with Gasteiger partial charge in [-0.15, -0.1) is 0 Å². The summed E-state index contributed by atoms with van der Waals surface area (Å²) >= 11 is 0. The molecule has 0 bridgehead atoms. The first kappa shape index (κ1) is 20.2. The lowest BCUT2D eigenvalue weighted by atomic mass is 10.1. The number of halogens is 7. The Morgan fingerprint density at radius 3 is 1.06 bits per heavy atom. The first-order valence-electron chi connectivity index (χ1n) is 2.84. The molecule has 0 aliphatic carbocycles. The van der Waals surface area contributed by atoms with Crippen LogP contribution in [0.4, 0.5) is 30.7 Å². The predicted molar refractivity (Wildman–Crippen MR) is 34.2 cm³/mol. The maximum absolute atomic E-state index is 12.0. The maximum atomic E-state index is 12.0. The molecule has 98 valence electrons. The molecule has 0 saturated heterocycles. The molecule has 0 fully saturated rings. The van der Waals surface area contributed by atoms with Crippen LogP contribution in [0.3, 0.4) is 0 Å². The van der Waals surface area contributed by atoms with Gasteiger partial charge in [0.25, 0.3) is 11.6 Å². The summed E-state index contributed by atoms with van der Waals surface area (Å²) in [5, 5.41) is 0. The van der Waals surface area contributed by atoms with Crippen LogP contribution in [0.15, 0.2) is 0 Å². The minimum atomic E-state index is -5.81. The van der Waals surface area contributed by atoms with Gasteiger partial charge in [0.2, 0.25) is 6.17 Å². The van der Waals surface area contributed by atoms with Gasteiger partial charge >= 0.3 is 12.4 Å². The van der Waals surface area contributed by atoms with Gasteiger partial charge in [0, 0.05) is 0 Å². The van der Waals surface area contributed by atoms with Crippen molar-refractivity contribution >= 4 is 11.6 Å². The van der Waals surface area contributed by atoms with Crippen LogP contribution in [0, 0.1) is 0 Å². The molecule has 0 atom stereocenters. The summed E-state index contributed by atoms with van der Waals surface area (Å²) in [6.07, 6.45) is -15.9. The number of carbonyl (C=O) groups is 2. The van der Waals surface area contributed by atoms with Gasteiger partial charge in [0.1, 0.15) is 0 Å². The highest BCUT2D eigenvalue weighted by Gasteiger charge is 2.54. The second-order valence-corrected chi connectivity index (χ2v) is 2.09. The monoisotopic (exact) mass is 262 g/mol. The van der Waals surface area contributed by atoms with Crippen LogP contribution in [-0.2, 0) is 9.59 Å². The highest BCUT2D eigenvalue weighted by molar-refractivity contribution is 6.09. The van der Waals surface area contributed by atoms with Crippen molar-refractivity contribution in [3.8, 4) is 0 Å². The molecule has 16 heavy (non-hydrogen) atoms. The molecular weight excluding hydrogens is 257 g/mol. The summed E-state index contributed by atoms with van der Waals surface area (Å²) in [5.74, 6) is -6.72. The van der Waals surface area contributed by atoms with Gasteiger partial charge in [-0.25, -0.2) is 4.39 Å². The normalized spacial score (nSPS) is 11.5. The van der Waals surface area contributed by atoms with E-state index in [1.807, 2.05) is 0 Å². The Balaban J connectivity index is -0.000000845. The molecule has 0 unspecified atom stereocenters. The molecule has 0 saturated carbocycles. The van der Waals surface area contributed by atoms with Gasteiger partial charge in [-0.3, -0.25) is 9.59 Å². The molecule has 11 heteroatoms. The third-order valence-electron chi connectivity index (χ3n) is 1.02. The maximum Gasteiger partial charge on any atom is 0.453 e. The van der Waals surface area contributed by atoms with Gasteiger partial charge in [-0.2, -0.15) is 26.3 Å². The number of rotatable bonds is 2. The third kappa shape index (κ3) is 5.02. The quantitative estimate of drug-likeness (QED) is 0.514. The van der Waals surface area contributed by atoms with E-state index in [0.29, 0.717) is 0 Å². The molecule has 0 rings (SSSR count). The molecule has 0 aliphatic heterocycles. The van der Waals surface area contributed by atoms with E-state index in [2.05, 4.69) is 0 Å². The Kier molecular flexibility index (Phi) is 7.26. The first-order chi connectivity index (χ1) is 5.98. The summed E-state index contributed by atoms with van der Waals surface area (Å²) in [7, 11) is 0. The van der Waals surface area contributed by atoms with E-state index in [0.717, 1.165) is 0 Å². The summed E-state index contributed by atoms with van der Waals surface area (Å²) in [4.78, 5) is 19.7. The molecule has 0 spiro atoms. The Morgan fingerprint density at radius 1 is 0.750 bits per heavy atom. The summed E-state index contributed by atoms with van der Waals surface area (Å²) < 4.78 is 80.1. The molecule has 4 nitrogen and oxygen atoms in total. The van der Waals surface area contributed by atoms with Gasteiger partial charge in [-0.05, 0) is 0 Å². The lowest BCUT2D eigenvalue weighted by molar-refractivity contribution is -0.190. The zero-order valence-corrected chi connectivity index (χ0v) is 7.04. The van der Waals surface area contributed by atoms with Crippen molar-refractivity contribution in [2.24, 2.45) is 0 Å². The van der Waals surface area contributed by atoms with Gasteiger partial charge < -0.3 is 11.0 Å². The van der Waals surface area contributed by atoms with Crippen LogP contribution in [0.25, 0.3) is 0 Å². The highest BCUT2D eigenvalue weighted by Crippen LogP contribution is 2.25. The molecule has 4 N–H and O–H groups in total. The fourth-order valence-corrected chi connectivity index (χ4v) is 0.406. The van der Waals surface area contributed by atoms with Gasteiger partial charge in [0.05, 0.1) is 0 Å². The SMILES string of the molecule is O.O.O=C(C(F)C(=O)C(F)(F)F)C(F)(F)F. The van der Waals surface area contributed by atoms with E-state index in [-0.39, 0.29) is 11.0 Å². The predicted octanol–water partition coefficient (Wildman–Crippen LogP) is -0.0621. The van der Waals surface area contributed by atoms with Crippen LogP contribution < -0.4 is 0 Å². The van der Waals surface area contributed by atoms with Gasteiger partial charge in [0.15, 0.2) is 0 Å². The van der Waals surface area contributed by atoms with E-state index in [4.69, 9.17) is 0 Å². The first-order valence-corrected chi connectivity index (χ1v) is 2.84. The Morgan fingerprint density at radius 2 is 0.938 bits per heavy atom. The van der Waals surface area contributed by atoms with Crippen molar-refractivity contribution in [2.75, 3.05) is 0 Å². The second kappa shape index (κ2) is 5.75. The molecule has 0 aromatic rings. The fourth-order valence-electron chi connectivity index (χ4n) is 0.406. The van der Waals surface area contributed by atoms with E-state index >= 15 is 0 Å². The van der Waals surface area contributed by atoms with Gasteiger partial charge in [-0.1, -0.05) is 0 Å². The lowest BCUT2D eigenvalue weighted by Crippen LogP contribution is -2.42. The second-order valence-electron chi connectivity index (χ2n) is 2.09. The highest BCUT2D eigenvalue weighted by atomic mass is 19.4. The number of Topliss-reactive ketones (excluding diaryl/α,β-unsaturated/α-hetero) is 2. The van der Waals surface area contributed by atoms with Crippen LogP contribution in [0.2, 0.25) is 0 Å².